The number of anilines is 1. The number of benzene rings is 2. The Hall–Kier alpha value is -3.22. The maximum atomic E-state index is 13.0. The molecule has 0 aliphatic carbocycles. The molecule has 1 N–H and O–H groups in total. The number of hydrogen-bond acceptors (Lipinski definition) is 5. The van der Waals surface area contributed by atoms with Gasteiger partial charge in [0.1, 0.15) is 11.6 Å². The first-order valence-corrected chi connectivity index (χ1v) is 7.19. The number of halogens is 1. The summed E-state index contributed by atoms with van der Waals surface area (Å²) in [5, 5.41) is 10.4. The third kappa shape index (κ3) is 3.95. The monoisotopic (exact) mass is 327 g/mol. The van der Waals surface area contributed by atoms with E-state index in [1.807, 2.05) is 0 Å². The Balaban J connectivity index is 1.62. The molecule has 0 unspecified atom stereocenters. The summed E-state index contributed by atoms with van der Waals surface area (Å²) >= 11 is 0. The van der Waals surface area contributed by atoms with Gasteiger partial charge in [-0.25, -0.2) is 4.39 Å². The lowest BCUT2D eigenvalue weighted by atomic mass is 10.2. The van der Waals surface area contributed by atoms with Crippen LogP contribution in [0.25, 0.3) is 11.5 Å². The van der Waals surface area contributed by atoms with E-state index in [4.69, 9.17) is 9.15 Å². The number of nitrogens with one attached hydrogen (secondary N) is 1. The van der Waals surface area contributed by atoms with Gasteiger partial charge in [0.25, 0.3) is 5.91 Å². The van der Waals surface area contributed by atoms with Gasteiger partial charge in [-0.15, -0.1) is 10.2 Å². The number of aromatic nitrogens is 2. The highest BCUT2D eigenvalue weighted by atomic mass is 19.1. The molecular weight excluding hydrogens is 313 g/mol. The number of amides is 1. The van der Waals surface area contributed by atoms with E-state index >= 15 is 0 Å². The number of rotatable bonds is 5. The molecule has 7 heteroatoms. The fraction of sp³-hybridized carbons (Fsp3) is 0.118. The molecule has 0 saturated carbocycles. The van der Waals surface area contributed by atoms with Crippen molar-refractivity contribution >= 4 is 11.6 Å². The lowest BCUT2D eigenvalue weighted by Gasteiger charge is -2.08. The molecule has 0 fully saturated rings. The standard InChI is InChI=1S/C17H14FN3O3/c1-11-20-21-17(24-11)12-4-2-6-14(8-12)19-16(22)10-23-15-7-3-5-13(18)9-15/h2-9H,10H2,1H3,(H,19,22). The van der Waals surface area contributed by atoms with Crippen LogP contribution in [0.15, 0.2) is 52.9 Å². The fourth-order valence-electron chi connectivity index (χ4n) is 2.05. The molecule has 1 amide bonds. The predicted octanol–water partition coefficient (Wildman–Crippen LogP) is 3.20. The molecule has 0 aliphatic heterocycles. The highest BCUT2D eigenvalue weighted by molar-refractivity contribution is 5.92. The summed E-state index contributed by atoms with van der Waals surface area (Å²) in [6, 6.07) is 12.6. The number of carbonyl (C=O) groups is 1. The van der Waals surface area contributed by atoms with E-state index in [0.717, 1.165) is 0 Å². The molecule has 1 heterocycles. The summed E-state index contributed by atoms with van der Waals surface area (Å²) in [7, 11) is 0. The van der Waals surface area contributed by atoms with Crippen LogP contribution in [-0.2, 0) is 4.79 Å². The molecule has 3 rings (SSSR count). The van der Waals surface area contributed by atoms with Crippen LogP contribution in [0.4, 0.5) is 10.1 Å². The van der Waals surface area contributed by atoms with Gasteiger partial charge in [-0.2, -0.15) is 0 Å². The van der Waals surface area contributed by atoms with Crippen LogP contribution in [0.2, 0.25) is 0 Å². The minimum absolute atomic E-state index is 0.229. The van der Waals surface area contributed by atoms with Crippen molar-refractivity contribution in [2.24, 2.45) is 0 Å². The van der Waals surface area contributed by atoms with Crippen molar-refractivity contribution in [3.8, 4) is 17.2 Å². The van der Waals surface area contributed by atoms with Crippen LogP contribution in [0, 0.1) is 12.7 Å². The first kappa shape index (κ1) is 15.7. The molecule has 2 aromatic carbocycles. The maximum Gasteiger partial charge on any atom is 0.262 e. The van der Waals surface area contributed by atoms with E-state index < -0.39 is 5.82 Å². The molecule has 0 aliphatic rings. The topological polar surface area (TPSA) is 77.2 Å². The average Bonchev–Trinajstić information content (AvgIpc) is 3.00. The highest BCUT2D eigenvalue weighted by Gasteiger charge is 2.09. The highest BCUT2D eigenvalue weighted by Crippen LogP contribution is 2.21. The van der Waals surface area contributed by atoms with Crippen molar-refractivity contribution < 1.29 is 18.3 Å². The molecule has 0 radical (unpaired) electrons. The normalized spacial score (nSPS) is 10.4. The number of hydrogen-bond donors (Lipinski definition) is 1. The summed E-state index contributed by atoms with van der Waals surface area (Å²) in [5.74, 6) is 0.344. The van der Waals surface area contributed by atoms with Gasteiger partial charge >= 0.3 is 0 Å². The van der Waals surface area contributed by atoms with E-state index in [9.17, 15) is 9.18 Å². The zero-order valence-corrected chi connectivity index (χ0v) is 12.8. The molecule has 0 bridgehead atoms. The quantitative estimate of drug-likeness (QED) is 0.778. The lowest BCUT2D eigenvalue weighted by molar-refractivity contribution is -0.118. The van der Waals surface area contributed by atoms with Gasteiger partial charge in [-0.3, -0.25) is 4.79 Å². The molecule has 0 spiro atoms. The average molecular weight is 327 g/mol. The Bertz CT molecular complexity index is 864. The molecule has 0 saturated heterocycles. The van der Waals surface area contributed by atoms with Gasteiger partial charge in [0.05, 0.1) is 0 Å². The zero-order chi connectivity index (χ0) is 16.9. The third-order valence-corrected chi connectivity index (χ3v) is 3.09. The first-order valence-electron chi connectivity index (χ1n) is 7.19. The minimum Gasteiger partial charge on any atom is -0.484 e. The second-order valence-corrected chi connectivity index (χ2v) is 5.00. The SMILES string of the molecule is Cc1nnc(-c2cccc(NC(=O)COc3cccc(F)c3)c2)o1. The molecule has 24 heavy (non-hydrogen) atoms. The predicted molar refractivity (Wildman–Crippen MR) is 85.0 cm³/mol. The van der Waals surface area contributed by atoms with Gasteiger partial charge in [-0.05, 0) is 30.3 Å². The Kier molecular flexibility index (Phi) is 4.51. The molecular formula is C17H14FN3O3. The summed E-state index contributed by atoms with van der Waals surface area (Å²) in [6.45, 7) is 1.47. The van der Waals surface area contributed by atoms with Crippen molar-refractivity contribution in [1.82, 2.24) is 10.2 Å². The maximum absolute atomic E-state index is 13.0. The smallest absolute Gasteiger partial charge is 0.262 e. The van der Waals surface area contributed by atoms with Crippen molar-refractivity contribution in [3.63, 3.8) is 0 Å². The summed E-state index contributed by atoms with van der Waals surface area (Å²) < 4.78 is 23.6. The van der Waals surface area contributed by atoms with Gasteiger partial charge in [0.2, 0.25) is 11.8 Å². The molecule has 122 valence electrons. The number of ether oxygens (including phenoxy) is 1. The van der Waals surface area contributed by atoms with Gasteiger partial charge in [0.15, 0.2) is 6.61 Å². The largest absolute Gasteiger partial charge is 0.484 e. The van der Waals surface area contributed by atoms with Crippen LogP contribution in [0.5, 0.6) is 5.75 Å². The van der Waals surface area contributed by atoms with Gasteiger partial charge < -0.3 is 14.5 Å². The van der Waals surface area contributed by atoms with Crippen molar-refractivity contribution in [3.05, 3.63) is 60.2 Å². The van der Waals surface area contributed by atoms with Crippen LogP contribution >= 0.6 is 0 Å². The number of aryl methyl sites for hydroxylation is 1. The lowest BCUT2D eigenvalue weighted by Crippen LogP contribution is -2.20. The van der Waals surface area contributed by atoms with E-state index in [1.165, 1.54) is 18.2 Å². The molecule has 6 nitrogen and oxygen atoms in total. The molecule has 3 aromatic rings. The van der Waals surface area contributed by atoms with E-state index in [-0.39, 0.29) is 12.5 Å². The fourth-order valence-corrected chi connectivity index (χ4v) is 2.05. The number of nitrogens with zero attached hydrogens (tertiary/aromatic N) is 2. The summed E-state index contributed by atoms with van der Waals surface area (Å²) in [5.41, 5.74) is 1.26. The van der Waals surface area contributed by atoms with Crippen molar-refractivity contribution in [2.45, 2.75) is 6.92 Å². The van der Waals surface area contributed by atoms with Crippen LogP contribution in [-0.4, -0.2) is 22.7 Å². The van der Waals surface area contributed by atoms with Gasteiger partial charge in [0, 0.05) is 24.2 Å². The molecule has 0 atom stereocenters. The minimum atomic E-state index is -0.421. The second-order valence-electron chi connectivity index (χ2n) is 5.00. The number of carbonyl (C=O) groups excluding carboxylic acids is 1. The van der Waals surface area contributed by atoms with Crippen LogP contribution < -0.4 is 10.1 Å². The first-order chi connectivity index (χ1) is 11.6. The summed E-state index contributed by atoms with van der Waals surface area (Å²) in [6.07, 6.45) is 0. The van der Waals surface area contributed by atoms with Crippen molar-refractivity contribution in [2.75, 3.05) is 11.9 Å². The zero-order valence-electron chi connectivity index (χ0n) is 12.8. The van der Waals surface area contributed by atoms with Crippen LogP contribution in [0.3, 0.4) is 0 Å². The van der Waals surface area contributed by atoms with Crippen LogP contribution in [0.1, 0.15) is 5.89 Å². The van der Waals surface area contributed by atoms with E-state index in [1.54, 1.807) is 37.3 Å². The Morgan fingerprint density at radius 1 is 1.21 bits per heavy atom. The van der Waals surface area contributed by atoms with E-state index in [2.05, 4.69) is 15.5 Å². The Morgan fingerprint density at radius 2 is 2.04 bits per heavy atom. The summed E-state index contributed by atoms with van der Waals surface area (Å²) in [4.78, 5) is 11.9. The van der Waals surface area contributed by atoms with Gasteiger partial charge in [-0.1, -0.05) is 12.1 Å². The van der Waals surface area contributed by atoms with E-state index in [0.29, 0.717) is 28.8 Å². The Labute approximate surface area is 137 Å². The third-order valence-electron chi connectivity index (χ3n) is 3.09. The Morgan fingerprint density at radius 3 is 2.79 bits per heavy atom. The van der Waals surface area contributed by atoms with Crippen molar-refractivity contribution in [1.29, 1.82) is 0 Å². The second kappa shape index (κ2) is 6.91. The molecule has 1 aromatic heterocycles.